The van der Waals surface area contributed by atoms with Gasteiger partial charge in [-0.15, -0.1) is 11.3 Å². The normalized spacial score (nSPS) is 12.0. The number of carbonyl (C=O) groups is 1. The molecule has 0 aliphatic rings. The van der Waals surface area contributed by atoms with E-state index in [9.17, 15) is 4.79 Å². The Morgan fingerprint density at radius 2 is 2.04 bits per heavy atom. The molecule has 0 unspecified atom stereocenters. The molecule has 7 heteroatoms. The van der Waals surface area contributed by atoms with Crippen LogP contribution >= 0.6 is 11.3 Å². The number of nitrogens with zero attached hydrogens (tertiary/aromatic N) is 2. The first-order chi connectivity index (χ1) is 13.7. The van der Waals surface area contributed by atoms with Crippen LogP contribution in [-0.4, -0.2) is 22.2 Å². The first kappa shape index (κ1) is 18.2. The largest absolute Gasteiger partial charge is 0.480 e. The molecule has 0 saturated carbocycles. The molecule has 142 valence electrons. The molecular weight excluding hydrogens is 374 g/mol. The summed E-state index contributed by atoms with van der Waals surface area (Å²) in [5, 5.41) is 10.8. The standard InChI is InChI=1S/C21H19N3O3S/c1-2-16(26-17-10-5-8-14-7-3-4-9-15(14)17)21(25)22-13-19-23-20(24-27-19)18-11-6-12-28-18/h3-12,16H,2,13H2,1H3,(H,22,25)/t16-/m1/s1. The molecule has 0 bridgehead atoms. The Morgan fingerprint density at radius 1 is 1.18 bits per heavy atom. The first-order valence-electron chi connectivity index (χ1n) is 9.03. The van der Waals surface area contributed by atoms with Gasteiger partial charge in [0.25, 0.3) is 5.91 Å². The second kappa shape index (κ2) is 8.22. The Kier molecular flexibility index (Phi) is 5.34. The Labute approximate surface area is 166 Å². The van der Waals surface area contributed by atoms with Gasteiger partial charge in [-0.25, -0.2) is 0 Å². The number of thiophene rings is 1. The molecule has 0 aliphatic heterocycles. The van der Waals surface area contributed by atoms with Gasteiger partial charge in [-0.3, -0.25) is 4.79 Å². The lowest BCUT2D eigenvalue weighted by molar-refractivity contribution is -0.128. The van der Waals surface area contributed by atoms with E-state index >= 15 is 0 Å². The van der Waals surface area contributed by atoms with E-state index in [4.69, 9.17) is 9.26 Å². The zero-order chi connectivity index (χ0) is 19.3. The molecule has 4 rings (SSSR count). The minimum Gasteiger partial charge on any atom is -0.480 e. The van der Waals surface area contributed by atoms with E-state index in [1.54, 1.807) is 0 Å². The highest BCUT2D eigenvalue weighted by atomic mass is 32.1. The average Bonchev–Trinajstić information content (AvgIpc) is 3.42. The number of ether oxygens (including phenoxy) is 1. The highest BCUT2D eigenvalue weighted by Gasteiger charge is 2.20. The van der Waals surface area contributed by atoms with E-state index in [0.29, 0.717) is 23.9 Å². The van der Waals surface area contributed by atoms with Crippen LogP contribution in [0.3, 0.4) is 0 Å². The van der Waals surface area contributed by atoms with Crippen LogP contribution < -0.4 is 10.1 Å². The molecule has 0 radical (unpaired) electrons. The van der Waals surface area contributed by atoms with Crippen LogP contribution in [0.2, 0.25) is 0 Å². The molecule has 1 atom stereocenters. The van der Waals surface area contributed by atoms with Gasteiger partial charge in [0.1, 0.15) is 5.75 Å². The zero-order valence-electron chi connectivity index (χ0n) is 15.3. The van der Waals surface area contributed by atoms with E-state index in [-0.39, 0.29) is 12.5 Å². The summed E-state index contributed by atoms with van der Waals surface area (Å²) in [5.41, 5.74) is 0. The predicted octanol–water partition coefficient (Wildman–Crippen LogP) is 4.43. The van der Waals surface area contributed by atoms with Crippen molar-refractivity contribution in [2.75, 3.05) is 0 Å². The van der Waals surface area contributed by atoms with Crippen molar-refractivity contribution in [2.24, 2.45) is 0 Å². The van der Waals surface area contributed by atoms with Crippen molar-refractivity contribution in [1.29, 1.82) is 0 Å². The molecule has 1 N–H and O–H groups in total. The maximum absolute atomic E-state index is 12.6. The van der Waals surface area contributed by atoms with Gasteiger partial charge in [0.2, 0.25) is 11.7 Å². The minimum absolute atomic E-state index is 0.159. The third-order valence-corrected chi connectivity index (χ3v) is 5.17. The Balaban J connectivity index is 1.41. The number of fused-ring (bicyclic) bond motifs is 1. The van der Waals surface area contributed by atoms with Gasteiger partial charge in [0.05, 0.1) is 11.4 Å². The van der Waals surface area contributed by atoms with Crippen LogP contribution in [-0.2, 0) is 11.3 Å². The predicted molar refractivity (Wildman–Crippen MR) is 108 cm³/mol. The van der Waals surface area contributed by atoms with Crippen LogP contribution in [0.25, 0.3) is 21.5 Å². The zero-order valence-corrected chi connectivity index (χ0v) is 16.1. The van der Waals surface area contributed by atoms with E-state index in [1.165, 1.54) is 11.3 Å². The summed E-state index contributed by atoms with van der Waals surface area (Å²) in [4.78, 5) is 17.8. The fourth-order valence-electron chi connectivity index (χ4n) is 2.88. The molecule has 28 heavy (non-hydrogen) atoms. The Morgan fingerprint density at radius 3 is 2.86 bits per heavy atom. The van der Waals surface area contributed by atoms with Crippen molar-refractivity contribution in [1.82, 2.24) is 15.5 Å². The van der Waals surface area contributed by atoms with Crippen molar-refractivity contribution in [3.63, 3.8) is 0 Å². The third-order valence-electron chi connectivity index (χ3n) is 4.31. The van der Waals surface area contributed by atoms with Crippen molar-refractivity contribution >= 4 is 28.0 Å². The van der Waals surface area contributed by atoms with Gasteiger partial charge in [-0.2, -0.15) is 4.98 Å². The van der Waals surface area contributed by atoms with Crippen LogP contribution in [0.4, 0.5) is 0 Å². The average molecular weight is 393 g/mol. The third kappa shape index (κ3) is 3.89. The van der Waals surface area contributed by atoms with Crippen molar-refractivity contribution in [3.8, 4) is 16.5 Å². The van der Waals surface area contributed by atoms with Gasteiger partial charge in [0, 0.05) is 5.39 Å². The first-order valence-corrected chi connectivity index (χ1v) is 9.91. The molecular formula is C21H19N3O3S. The van der Waals surface area contributed by atoms with Crippen molar-refractivity contribution < 1.29 is 14.1 Å². The Bertz CT molecular complexity index is 1070. The van der Waals surface area contributed by atoms with E-state index in [0.717, 1.165) is 15.6 Å². The van der Waals surface area contributed by atoms with Crippen LogP contribution in [0.1, 0.15) is 19.2 Å². The van der Waals surface area contributed by atoms with E-state index in [2.05, 4.69) is 15.5 Å². The summed E-state index contributed by atoms with van der Waals surface area (Å²) in [5.74, 6) is 1.36. The molecule has 2 aromatic carbocycles. The van der Waals surface area contributed by atoms with Crippen LogP contribution in [0.5, 0.6) is 5.75 Å². The maximum atomic E-state index is 12.6. The molecule has 0 saturated heterocycles. The van der Waals surface area contributed by atoms with E-state index < -0.39 is 6.10 Å². The lowest BCUT2D eigenvalue weighted by Crippen LogP contribution is -2.37. The summed E-state index contributed by atoms with van der Waals surface area (Å²) in [6.07, 6.45) is -0.0650. The molecule has 0 fully saturated rings. The number of rotatable bonds is 7. The molecule has 4 aromatic rings. The summed E-state index contributed by atoms with van der Waals surface area (Å²) >= 11 is 1.53. The molecule has 0 aliphatic carbocycles. The number of hydrogen-bond donors (Lipinski definition) is 1. The summed E-state index contributed by atoms with van der Waals surface area (Å²) in [6.45, 7) is 2.07. The van der Waals surface area contributed by atoms with Crippen molar-refractivity contribution in [3.05, 3.63) is 65.9 Å². The molecule has 1 amide bonds. The Hall–Kier alpha value is -3.19. The topological polar surface area (TPSA) is 77.2 Å². The summed E-state index contributed by atoms with van der Waals surface area (Å²) in [6, 6.07) is 17.6. The molecule has 0 spiro atoms. The SMILES string of the molecule is CC[C@@H](Oc1cccc2ccccc12)C(=O)NCc1nc(-c2cccs2)no1. The van der Waals surface area contributed by atoms with Gasteiger partial charge in [0.15, 0.2) is 6.10 Å². The number of nitrogens with one attached hydrogen (secondary N) is 1. The second-order valence-corrected chi connectivity index (χ2v) is 7.15. The van der Waals surface area contributed by atoms with Crippen LogP contribution in [0, 0.1) is 0 Å². The summed E-state index contributed by atoms with van der Waals surface area (Å²) < 4.78 is 11.2. The van der Waals surface area contributed by atoms with E-state index in [1.807, 2.05) is 66.9 Å². The van der Waals surface area contributed by atoms with Crippen molar-refractivity contribution in [2.45, 2.75) is 26.0 Å². The number of carbonyl (C=O) groups excluding carboxylic acids is 1. The van der Waals surface area contributed by atoms with Gasteiger partial charge in [-0.1, -0.05) is 54.5 Å². The van der Waals surface area contributed by atoms with Crippen LogP contribution in [0.15, 0.2) is 64.5 Å². The second-order valence-electron chi connectivity index (χ2n) is 6.20. The number of benzene rings is 2. The maximum Gasteiger partial charge on any atom is 0.261 e. The fraction of sp³-hybridized carbons (Fsp3) is 0.190. The summed E-state index contributed by atoms with van der Waals surface area (Å²) in [7, 11) is 0. The fourth-order valence-corrected chi connectivity index (χ4v) is 3.53. The smallest absolute Gasteiger partial charge is 0.261 e. The highest BCUT2D eigenvalue weighted by Crippen LogP contribution is 2.26. The number of aromatic nitrogens is 2. The number of hydrogen-bond acceptors (Lipinski definition) is 6. The molecule has 2 heterocycles. The van der Waals surface area contributed by atoms with Gasteiger partial charge >= 0.3 is 0 Å². The number of amides is 1. The lowest BCUT2D eigenvalue weighted by Gasteiger charge is -2.18. The molecule has 2 aromatic heterocycles. The monoisotopic (exact) mass is 393 g/mol. The van der Waals surface area contributed by atoms with Gasteiger partial charge in [-0.05, 0) is 29.3 Å². The van der Waals surface area contributed by atoms with Gasteiger partial charge < -0.3 is 14.6 Å². The molecule has 6 nitrogen and oxygen atoms in total. The quantitative estimate of drug-likeness (QED) is 0.503. The highest BCUT2D eigenvalue weighted by molar-refractivity contribution is 7.13. The lowest BCUT2D eigenvalue weighted by atomic mass is 10.1. The minimum atomic E-state index is -0.606.